The number of fused-ring (bicyclic) bond motifs is 1. The molecule has 1 aliphatic rings. The molecule has 0 aliphatic carbocycles. The molecule has 0 bridgehead atoms. The van der Waals surface area contributed by atoms with Gasteiger partial charge < -0.3 is 4.90 Å². The highest BCUT2D eigenvalue weighted by molar-refractivity contribution is 5.74. The fourth-order valence-corrected chi connectivity index (χ4v) is 4.36. The van der Waals surface area contributed by atoms with Crippen LogP contribution in [0.2, 0.25) is 0 Å². The van der Waals surface area contributed by atoms with E-state index in [1.165, 1.54) is 10.6 Å². The molecule has 0 spiro atoms. The Kier molecular flexibility index (Phi) is 5.03. The van der Waals surface area contributed by atoms with Gasteiger partial charge in [0, 0.05) is 25.7 Å². The van der Waals surface area contributed by atoms with Gasteiger partial charge in [0.15, 0.2) is 11.2 Å². The highest BCUT2D eigenvalue weighted by Crippen LogP contribution is 2.36. The van der Waals surface area contributed by atoms with Crippen LogP contribution in [0.1, 0.15) is 39.2 Å². The van der Waals surface area contributed by atoms with Crippen molar-refractivity contribution in [3.63, 3.8) is 0 Å². The average Bonchev–Trinajstić information content (AvgIpc) is 3.07. The molecule has 1 fully saturated rings. The van der Waals surface area contributed by atoms with Gasteiger partial charge in [-0.3, -0.25) is 18.9 Å². The minimum Gasteiger partial charge on any atom is -0.342 e. The highest BCUT2D eigenvalue weighted by Gasteiger charge is 2.31. The van der Waals surface area contributed by atoms with Crippen molar-refractivity contribution in [2.24, 2.45) is 18.4 Å². The van der Waals surface area contributed by atoms with Crippen molar-refractivity contribution in [1.29, 1.82) is 0 Å². The Morgan fingerprint density at radius 2 is 1.83 bits per heavy atom. The van der Waals surface area contributed by atoms with Gasteiger partial charge in [0.1, 0.15) is 5.82 Å². The topological polar surface area (TPSA) is 75.9 Å². The van der Waals surface area contributed by atoms with Crippen molar-refractivity contribution >= 4 is 17.1 Å². The number of piperidine rings is 1. The van der Waals surface area contributed by atoms with E-state index in [2.05, 4.69) is 35.6 Å². The van der Waals surface area contributed by atoms with Crippen molar-refractivity contribution in [1.82, 2.24) is 19.1 Å². The molecule has 1 aliphatic heterocycles. The van der Waals surface area contributed by atoms with Gasteiger partial charge in [-0.1, -0.05) is 39.0 Å². The molecule has 3 heterocycles. The first kappa shape index (κ1) is 20.4. The predicted octanol–water partition coefficient (Wildman–Crippen LogP) is 2.87. The lowest BCUT2D eigenvalue weighted by molar-refractivity contribution is 0.198. The molecule has 1 N–H and O–H groups in total. The summed E-state index contributed by atoms with van der Waals surface area (Å²) in [4.78, 5) is 34.0. The third kappa shape index (κ3) is 3.55. The zero-order chi connectivity index (χ0) is 21.6. The molecular weight excluding hydrogens is 385 g/mol. The molecule has 0 saturated carbocycles. The number of rotatable bonds is 3. The molecule has 1 saturated heterocycles. The van der Waals surface area contributed by atoms with E-state index in [0.29, 0.717) is 23.1 Å². The largest absolute Gasteiger partial charge is 0.342 e. The van der Waals surface area contributed by atoms with Crippen LogP contribution in [0.25, 0.3) is 11.2 Å². The number of halogens is 1. The molecular formula is C22H28FN5O2. The van der Waals surface area contributed by atoms with E-state index in [-0.39, 0.29) is 23.3 Å². The van der Waals surface area contributed by atoms with Crippen LogP contribution in [0, 0.1) is 17.2 Å². The van der Waals surface area contributed by atoms with Gasteiger partial charge in [-0.15, -0.1) is 0 Å². The standard InChI is InChI=1S/C22H28FN5O2/c1-22(2,3)15-9-11-27(12-10-15)20-24-18-17(19(29)25-21(30)26(18)4)28(20)13-14-7-5-6-8-16(14)23/h5-8,15H,9-13H2,1-4H3,(H,25,29,30). The third-order valence-electron chi connectivity index (χ3n) is 6.28. The quantitative estimate of drug-likeness (QED) is 0.716. The maximum Gasteiger partial charge on any atom is 0.329 e. The first-order valence-corrected chi connectivity index (χ1v) is 10.3. The number of aryl methyl sites for hydroxylation is 1. The lowest BCUT2D eigenvalue weighted by atomic mass is 9.75. The molecule has 1 aromatic carbocycles. The monoisotopic (exact) mass is 413 g/mol. The summed E-state index contributed by atoms with van der Waals surface area (Å²) < 4.78 is 17.5. The minimum absolute atomic E-state index is 0.166. The Balaban J connectivity index is 1.82. The van der Waals surface area contributed by atoms with Crippen LogP contribution in [0.15, 0.2) is 33.9 Å². The van der Waals surface area contributed by atoms with Crippen LogP contribution < -0.4 is 16.1 Å². The predicted molar refractivity (Wildman–Crippen MR) is 115 cm³/mol. The van der Waals surface area contributed by atoms with E-state index >= 15 is 0 Å². The molecule has 30 heavy (non-hydrogen) atoms. The Hall–Kier alpha value is -2.90. The van der Waals surface area contributed by atoms with Crippen LogP contribution in [-0.4, -0.2) is 32.2 Å². The fraction of sp³-hybridized carbons (Fsp3) is 0.500. The number of H-pyrrole nitrogens is 1. The van der Waals surface area contributed by atoms with Crippen molar-refractivity contribution in [2.45, 2.75) is 40.2 Å². The number of nitrogens with one attached hydrogen (secondary N) is 1. The van der Waals surface area contributed by atoms with Crippen molar-refractivity contribution in [3.05, 3.63) is 56.5 Å². The lowest BCUT2D eigenvalue weighted by Crippen LogP contribution is -2.39. The summed E-state index contributed by atoms with van der Waals surface area (Å²) in [5, 5.41) is 0. The zero-order valence-electron chi connectivity index (χ0n) is 17.9. The molecule has 4 rings (SSSR count). The summed E-state index contributed by atoms with van der Waals surface area (Å²) in [5.41, 5.74) is 0.284. The summed E-state index contributed by atoms with van der Waals surface area (Å²) >= 11 is 0. The van der Waals surface area contributed by atoms with Crippen LogP contribution in [0.5, 0.6) is 0 Å². The number of hydrogen-bond acceptors (Lipinski definition) is 4. The van der Waals surface area contributed by atoms with Gasteiger partial charge in [-0.2, -0.15) is 4.98 Å². The van der Waals surface area contributed by atoms with Gasteiger partial charge in [0.2, 0.25) is 5.95 Å². The molecule has 0 atom stereocenters. The van der Waals surface area contributed by atoms with Gasteiger partial charge in [-0.05, 0) is 30.2 Å². The SMILES string of the molecule is Cn1c(=O)[nH]c(=O)c2c1nc(N1CCC(C(C)(C)C)CC1)n2Cc1ccccc1F. The van der Waals surface area contributed by atoms with E-state index in [4.69, 9.17) is 0 Å². The number of aromatic nitrogens is 4. The maximum atomic E-state index is 14.4. The summed E-state index contributed by atoms with van der Waals surface area (Å²) in [6.07, 6.45) is 2.03. The molecule has 8 heteroatoms. The van der Waals surface area contributed by atoms with E-state index in [1.807, 2.05) is 0 Å². The second-order valence-electron chi connectivity index (χ2n) is 9.21. The fourth-order valence-electron chi connectivity index (χ4n) is 4.36. The minimum atomic E-state index is -0.513. The van der Waals surface area contributed by atoms with Crippen LogP contribution in [-0.2, 0) is 13.6 Å². The Morgan fingerprint density at radius 1 is 1.17 bits per heavy atom. The van der Waals surface area contributed by atoms with E-state index < -0.39 is 11.2 Å². The van der Waals surface area contributed by atoms with Crippen LogP contribution in [0.4, 0.5) is 10.3 Å². The molecule has 0 radical (unpaired) electrons. The molecule has 160 valence electrons. The highest BCUT2D eigenvalue weighted by atomic mass is 19.1. The summed E-state index contributed by atoms with van der Waals surface area (Å²) in [7, 11) is 1.58. The summed E-state index contributed by atoms with van der Waals surface area (Å²) in [6.45, 7) is 8.55. The van der Waals surface area contributed by atoms with Gasteiger partial charge >= 0.3 is 5.69 Å². The van der Waals surface area contributed by atoms with Gasteiger partial charge in [0.25, 0.3) is 5.56 Å². The van der Waals surface area contributed by atoms with Crippen molar-refractivity contribution < 1.29 is 4.39 Å². The average molecular weight is 413 g/mol. The normalized spacial score (nSPS) is 15.8. The number of anilines is 1. The van der Waals surface area contributed by atoms with Gasteiger partial charge in [0.05, 0.1) is 6.54 Å². The Bertz CT molecular complexity index is 1190. The summed E-state index contributed by atoms with van der Waals surface area (Å²) in [5.74, 6) is 0.871. The molecule has 0 unspecified atom stereocenters. The number of aromatic amines is 1. The van der Waals surface area contributed by atoms with Gasteiger partial charge in [-0.25, -0.2) is 9.18 Å². The maximum absolute atomic E-state index is 14.4. The van der Waals surface area contributed by atoms with E-state index in [9.17, 15) is 14.0 Å². The Labute approximate surface area is 174 Å². The number of hydrogen-bond donors (Lipinski definition) is 1. The van der Waals surface area contributed by atoms with Crippen molar-refractivity contribution in [3.8, 4) is 0 Å². The molecule has 0 amide bonds. The second kappa shape index (κ2) is 7.41. The zero-order valence-corrected chi connectivity index (χ0v) is 17.9. The molecule has 2 aromatic heterocycles. The van der Waals surface area contributed by atoms with Crippen LogP contribution >= 0.6 is 0 Å². The van der Waals surface area contributed by atoms with Crippen molar-refractivity contribution in [2.75, 3.05) is 18.0 Å². The first-order chi connectivity index (χ1) is 14.2. The lowest BCUT2D eigenvalue weighted by Gasteiger charge is -2.39. The van der Waals surface area contributed by atoms with Crippen LogP contribution in [0.3, 0.4) is 0 Å². The van der Waals surface area contributed by atoms with E-state index in [1.54, 1.807) is 29.8 Å². The number of nitrogens with zero attached hydrogens (tertiary/aromatic N) is 4. The molecule has 7 nitrogen and oxygen atoms in total. The number of benzene rings is 1. The van der Waals surface area contributed by atoms with E-state index in [0.717, 1.165) is 25.9 Å². The molecule has 3 aromatic rings. The smallest absolute Gasteiger partial charge is 0.329 e. The Morgan fingerprint density at radius 3 is 2.47 bits per heavy atom. The first-order valence-electron chi connectivity index (χ1n) is 10.3. The third-order valence-corrected chi connectivity index (χ3v) is 6.28. The second-order valence-corrected chi connectivity index (χ2v) is 9.21. The number of imidazole rings is 1. The summed E-state index contributed by atoms with van der Waals surface area (Å²) in [6, 6.07) is 6.52.